The lowest BCUT2D eigenvalue weighted by atomic mass is 9.47. The first kappa shape index (κ1) is 29.1. The molecule has 3 aliphatic heterocycles. The van der Waals surface area contributed by atoms with Gasteiger partial charge in [0, 0.05) is 12.3 Å². The van der Waals surface area contributed by atoms with E-state index in [-0.39, 0.29) is 23.9 Å². The number of allylic oxidation sites excluding steroid dienone is 1. The topological polar surface area (TPSA) is 124 Å². The highest BCUT2D eigenvalue weighted by Gasteiger charge is 2.68. The fourth-order valence-electron chi connectivity index (χ4n) is 11.2. The van der Waals surface area contributed by atoms with Gasteiger partial charge in [0.05, 0.1) is 31.5 Å². The fraction of sp³-hybridized carbons (Fsp3) is 0.939. The first-order chi connectivity index (χ1) is 19.5. The van der Waals surface area contributed by atoms with Gasteiger partial charge in [0.15, 0.2) is 12.1 Å². The molecule has 0 aromatic rings. The van der Waals surface area contributed by atoms with Crippen LogP contribution in [0.2, 0.25) is 0 Å². The van der Waals surface area contributed by atoms with Crippen molar-refractivity contribution in [2.24, 2.45) is 52.1 Å². The highest BCUT2D eigenvalue weighted by molar-refractivity contribution is 5.26. The molecule has 4 aliphatic carbocycles. The van der Waals surface area contributed by atoms with Gasteiger partial charge in [-0.05, 0) is 91.8 Å². The van der Waals surface area contributed by atoms with E-state index in [2.05, 4.69) is 33.8 Å². The molecule has 232 valence electrons. The van der Waals surface area contributed by atoms with Gasteiger partial charge >= 0.3 is 0 Å². The number of nitrogens with two attached hydrogens (primary N) is 1. The molecule has 8 heteroatoms. The number of aliphatic hydroxyl groups is 3. The van der Waals surface area contributed by atoms with Gasteiger partial charge in [0.25, 0.3) is 0 Å². The number of ether oxygens (including phenoxy) is 4. The van der Waals surface area contributed by atoms with Crippen LogP contribution in [0.3, 0.4) is 0 Å². The van der Waals surface area contributed by atoms with Gasteiger partial charge in [-0.15, -0.1) is 0 Å². The molecule has 5 N–H and O–H groups in total. The van der Waals surface area contributed by atoms with Crippen LogP contribution in [0.5, 0.6) is 0 Å². The highest BCUT2D eigenvalue weighted by atomic mass is 16.7. The maximum atomic E-state index is 10.4. The van der Waals surface area contributed by atoms with Crippen molar-refractivity contribution in [3.63, 3.8) is 0 Å². The fourth-order valence-corrected chi connectivity index (χ4v) is 11.2. The largest absolute Gasteiger partial charge is 0.394 e. The van der Waals surface area contributed by atoms with E-state index in [1.807, 2.05) is 0 Å². The Morgan fingerprint density at radius 1 is 1.05 bits per heavy atom. The van der Waals surface area contributed by atoms with Crippen molar-refractivity contribution in [2.45, 2.75) is 134 Å². The Balaban J connectivity index is 1.05. The Hall–Kier alpha value is -0.580. The summed E-state index contributed by atoms with van der Waals surface area (Å²) in [6, 6.07) is -0.852. The second-order valence-corrected chi connectivity index (χ2v) is 15.6. The first-order valence-corrected chi connectivity index (χ1v) is 16.6. The lowest BCUT2D eigenvalue weighted by Crippen LogP contribution is -2.63. The normalized spacial score (nSPS) is 58.3. The summed E-state index contributed by atoms with van der Waals surface area (Å²) in [4.78, 5) is 0. The summed E-state index contributed by atoms with van der Waals surface area (Å²) >= 11 is 0. The van der Waals surface area contributed by atoms with Crippen LogP contribution >= 0.6 is 0 Å². The van der Waals surface area contributed by atoms with Crippen molar-refractivity contribution in [2.75, 3.05) is 13.2 Å². The molecule has 0 aromatic heterocycles. The third kappa shape index (κ3) is 4.29. The molecule has 16 atom stereocenters. The van der Waals surface area contributed by atoms with E-state index in [1.165, 1.54) is 31.3 Å². The SMILES string of the molecule is CC1C2[C@H](CC3C4CC=C5C[C@@H](O[C@@H]6O[C@H](CO)[C@@H](O)[C@H](O)[C@H]6N)CC[C@]5(C)C4CC[C@@]32C)O[C@]12CC[C@@H](C)CO2. The van der Waals surface area contributed by atoms with Gasteiger partial charge in [-0.1, -0.05) is 39.3 Å². The molecule has 0 amide bonds. The first-order valence-electron chi connectivity index (χ1n) is 16.6. The van der Waals surface area contributed by atoms with Gasteiger partial charge in [0.2, 0.25) is 0 Å². The van der Waals surface area contributed by atoms with Crippen LogP contribution in [0.25, 0.3) is 0 Å². The van der Waals surface area contributed by atoms with Gasteiger partial charge in [-0.3, -0.25) is 0 Å². The predicted molar refractivity (Wildman–Crippen MR) is 152 cm³/mol. The van der Waals surface area contributed by atoms with Gasteiger partial charge in [0.1, 0.15) is 18.3 Å². The van der Waals surface area contributed by atoms with Crippen LogP contribution in [0.4, 0.5) is 0 Å². The van der Waals surface area contributed by atoms with Crippen LogP contribution in [-0.4, -0.2) is 77.2 Å². The van der Waals surface area contributed by atoms with E-state index in [4.69, 9.17) is 24.7 Å². The minimum Gasteiger partial charge on any atom is -0.394 e. The Labute approximate surface area is 245 Å². The Kier molecular flexibility index (Phi) is 7.27. The van der Waals surface area contributed by atoms with E-state index in [0.29, 0.717) is 47.0 Å². The molecule has 0 aromatic carbocycles. The van der Waals surface area contributed by atoms with Crippen molar-refractivity contribution >= 4 is 0 Å². The highest BCUT2D eigenvalue weighted by Crippen LogP contribution is 2.70. The smallest absolute Gasteiger partial charge is 0.176 e. The third-order valence-electron chi connectivity index (χ3n) is 13.6. The van der Waals surface area contributed by atoms with Crippen LogP contribution in [0.1, 0.15) is 85.5 Å². The van der Waals surface area contributed by atoms with Crippen LogP contribution in [0, 0.1) is 46.3 Å². The van der Waals surface area contributed by atoms with E-state index in [1.54, 1.807) is 0 Å². The van der Waals surface area contributed by atoms with Crippen molar-refractivity contribution in [1.82, 2.24) is 0 Å². The summed E-state index contributed by atoms with van der Waals surface area (Å²) in [5, 5.41) is 30.1. The average molecular weight is 576 g/mol. The average Bonchev–Trinajstić information content (AvgIpc) is 3.40. The molecule has 0 radical (unpaired) electrons. The third-order valence-corrected chi connectivity index (χ3v) is 13.6. The van der Waals surface area contributed by atoms with E-state index in [9.17, 15) is 15.3 Å². The molecule has 3 saturated carbocycles. The zero-order valence-electron chi connectivity index (χ0n) is 25.4. The summed E-state index contributed by atoms with van der Waals surface area (Å²) in [5.41, 5.74) is 8.18. The Morgan fingerprint density at radius 3 is 2.59 bits per heavy atom. The minimum absolute atomic E-state index is 0.0490. The van der Waals surface area contributed by atoms with Crippen molar-refractivity contribution < 1.29 is 34.3 Å². The van der Waals surface area contributed by atoms with E-state index < -0.39 is 30.6 Å². The number of aliphatic hydroxyl groups excluding tert-OH is 3. The zero-order chi connectivity index (χ0) is 28.9. The summed E-state index contributed by atoms with van der Waals surface area (Å²) in [5.74, 6) is 3.38. The number of fused-ring (bicyclic) bond motifs is 7. The number of hydrogen-bond donors (Lipinski definition) is 4. The summed E-state index contributed by atoms with van der Waals surface area (Å²) < 4.78 is 25.6. The van der Waals surface area contributed by atoms with Crippen LogP contribution in [-0.2, 0) is 18.9 Å². The van der Waals surface area contributed by atoms with Gasteiger partial charge in [-0.25, -0.2) is 0 Å². The quantitative estimate of drug-likeness (QED) is 0.377. The molecule has 7 aliphatic rings. The molecular formula is C33H53NO7. The summed E-state index contributed by atoms with van der Waals surface area (Å²) in [6.07, 6.45) is 8.60. The second-order valence-electron chi connectivity index (χ2n) is 15.6. The minimum atomic E-state index is -1.22. The van der Waals surface area contributed by atoms with Gasteiger partial charge < -0.3 is 40.0 Å². The van der Waals surface area contributed by atoms with Crippen molar-refractivity contribution in [3.8, 4) is 0 Å². The maximum absolute atomic E-state index is 10.4. The van der Waals surface area contributed by atoms with Crippen LogP contribution in [0.15, 0.2) is 11.6 Å². The van der Waals surface area contributed by atoms with Gasteiger partial charge in [-0.2, -0.15) is 0 Å². The second kappa shape index (κ2) is 10.2. The molecule has 41 heavy (non-hydrogen) atoms. The predicted octanol–water partition coefficient (Wildman–Crippen LogP) is 3.50. The molecule has 3 saturated heterocycles. The molecule has 6 fully saturated rings. The van der Waals surface area contributed by atoms with Crippen molar-refractivity contribution in [1.29, 1.82) is 0 Å². The summed E-state index contributed by atoms with van der Waals surface area (Å²) in [6.45, 7) is 10.2. The maximum Gasteiger partial charge on any atom is 0.176 e. The van der Waals surface area contributed by atoms with E-state index in [0.717, 1.165) is 38.7 Å². The lowest BCUT2D eigenvalue weighted by molar-refractivity contribution is -0.280. The van der Waals surface area contributed by atoms with E-state index >= 15 is 0 Å². The molecule has 0 bridgehead atoms. The Morgan fingerprint density at radius 2 is 1.85 bits per heavy atom. The number of hydrogen-bond acceptors (Lipinski definition) is 8. The molecule has 7 rings (SSSR count). The lowest BCUT2D eigenvalue weighted by Gasteiger charge is -2.58. The molecule has 3 heterocycles. The molecule has 5 unspecified atom stereocenters. The standard InChI is InChI=1S/C33H53NO7/c1-17-7-12-33(38-16-17)18(2)26-24(41-33)14-23-21-6-5-19-13-20(8-10-31(19,3)22(21)9-11-32(23,26)4)39-30-27(34)29(37)28(36)25(15-35)40-30/h5,17-18,20-30,35-37H,6-16,34H2,1-4H3/t17-,18?,20+,21?,22?,23?,24+,25-,26?,27-,28-,29-,30-,31+,32+,33-/m1/s1. The summed E-state index contributed by atoms with van der Waals surface area (Å²) in [7, 11) is 0. The number of rotatable bonds is 3. The molecule has 8 nitrogen and oxygen atoms in total. The van der Waals surface area contributed by atoms with Crippen molar-refractivity contribution in [3.05, 3.63) is 11.6 Å². The molecular weight excluding hydrogens is 522 g/mol. The van der Waals surface area contributed by atoms with Crippen LogP contribution < -0.4 is 5.73 Å². The monoisotopic (exact) mass is 575 g/mol. The Bertz CT molecular complexity index is 1030. The zero-order valence-corrected chi connectivity index (χ0v) is 25.4. The molecule has 1 spiro atoms.